The molecule has 0 amide bonds. The smallest absolute Gasteiger partial charge is 0.314 e. The number of aromatic hydroxyl groups is 1. The first-order valence-electron chi connectivity index (χ1n) is 6.05. The van der Waals surface area contributed by atoms with Crippen molar-refractivity contribution in [1.82, 2.24) is 0 Å². The zero-order chi connectivity index (χ0) is 13.5. The molecule has 1 aliphatic rings. The second-order valence-electron chi connectivity index (χ2n) is 4.97. The Bertz CT molecular complexity index is 501. The Kier molecular flexibility index (Phi) is 2.97. The number of rotatable bonds is 3. The number of phenols is 1. The van der Waals surface area contributed by atoms with Crippen LogP contribution in [0.3, 0.4) is 0 Å². The van der Waals surface area contributed by atoms with Gasteiger partial charge in [-0.05, 0) is 49.4 Å². The summed E-state index contributed by atoms with van der Waals surface area (Å²) in [6.45, 7) is 3.64. The first kappa shape index (κ1) is 12.7. The average Bonchev–Trinajstić information content (AvgIpc) is 2.27. The molecule has 0 heterocycles. The Morgan fingerprint density at radius 3 is 2.33 bits per heavy atom. The van der Waals surface area contributed by atoms with Crippen LogP contribution in [0.4, 0.5) is 0 Å². The van der Waals surface area contributed by atoms with E-state index in [4.69, 9.17) is 4.74 Å². The van der Waals surface area contributed by atoms with Gasteiger partial charge in [-0.3, -0.25) is 4.79 Å². The van der Waals surface area contributed by atoms with Gasteiger partial charge in [0.15, 0.2) is 11.5 Å². The zero-order valence-electron chi connectivity index (χ0n) is 10.9. The number of phenolic OH excluding ortho intramolecular Hbond substituents is 1. The molecule has 18 heavy (non-hydrogen) atoms. The molecule has 1 fully saturated rings. The fourth-order valence-electron chi connectivity index (χ4n) is 2.65. The van der Waals surface area contributed by atoms with Crippen LogP contribution in [-0.2, 0) is 10.2 Å². The lowest BCUT2D eigenvalue weighted by Crippen LogP contribution is -2.43. The summed E-state index contributed by atoms with van der Waals surface area (Å²) in [5.41, 5.74) is 1.51. The zero-order valence-corrected chi connectivity index (χ0v) is 10.9. The van der Waals surface area contributed by atoms with Crippen molar-refractivity contribution in [3.8, 4) is 11.5 Å². The van der Waals surface area contributed by atoms with E-state index in [1.807, 2.05) is 6.92 Å². The highest BCUT2D eigenvalue weighted by atomic mass is 16.5. The summed E-state index contributed by atoms with van der Waals surface area (Å²) >= 11 is 0. The molecule has 0 unspecified atom stereocenters. The first-order chi connectivity index (χ1) is 8.44. The molecule has 4 heteroatoms. The molecule has 0 spiro atoms. The van der Waals surface area contributed by atoms with E-state index in [0.29, 0.717) is 24.2 Å². The summed E-state index contributed by atoms with van der Waals surface area (Å²) in [7, 11) is 1.47. The van der Waals surface area contributed by atoms with E-state index >= 15 is 0 Å². The lowest BCUT2D eigenvalue weighted by molar-refractivity contribution is -0.147. The van der Waals surface area contributed by atoms with Crippen LogP contribution >= 0.6 is 0 Å². The lowest BCUT2D eigenvalue weighted by Gasteiger charge is -2.39. The molecule has 4 nitrogen and oxygen atoms in total. The number of carbonyl (C=O) groups is 1. The standard InChI is InChI=1S/C14H18O4/c1-8-9(2)12(15)11(18-3)7-10(8)14(13(16)17)5-4-6-14/h7,15H,4-6H2,1-3H3,(H,16,17). The lowest BCUT2D eigenvalue weighted by atomic mass is 9.63. The van der Waals surface area contributed by atoms with Gasteiger partial charge in [-0.2, -0.15) is 0 Å². The van der Waals surface area contributed by atoms with Gasteiger partial charge in [0.25, 0.3) is 0 Å². The maximum Gasteiger partial charge on any atom is 0.314 e. The highest BCUT2D eigenvalue weighted by Crippen LogP contribution is 2.48. The molecule has 2 N–H and O–H groups in total. The van der Waals surface area contributed by atoms with E-state index in [9.17, 15) is 15.0 Å². The maximum absolute atomic E-state index is 11.5. The Morgan fingerprint density at radius 1 is 1.33 bits per heavy atom. The number of carboxylic acid groups (broad SMARTS) is 1. The summed E-state index contributed by atoms with van der Waals surface area (Å²) in [4.78, 5) is 11.5. The van der Waals surface area contributed by atoms with Gasteiger partial charge in [-0.25, -0.2) is 0 Å². The molecule has 1 aromatic rings. The van der Waals surface area contributed by atoms with Crippen molar-refractivity contribution in [3.63, 3.8) is 0 Å². The maximum atomic E-state index is 11.5. The predicted molar refractivity (Wildman–Crippen MR) is 67.3 cm³/mol. The second-order valence-corrected chi connectivity index (χ2v) is 4.97. The van der Waals surface area contributed by atoms with Crippen LogP contribution in [0.2, 0.25) is 0 Å². The topological polar surface area (TPSA) is 66.8 Å². The third-order valence-electron chi connectivity index (χ3n) is 4.18. The Hall–Kier alpha value is -1.71. The van der Waals surface area contributed by atoms with E-state index in [0.717, 1.165) is 17.5 Å². The van der Waals surface area contributed by atoms with Gasteiger partial charge in [0.05, 0.1) is 12.5 Å². The normalized spacial score (nSPS) is 17.1. The Labute approximate surface area is 106 Å². The van der Waals surface area contributed by atoms with Crippen LogP contribution in [-0.4, -0.2) is 23.3 Å². The highest BCUT2D eigenvalue weighted by Gasteiger charge is 2.47. The third-order valence-corrected chi connectivity index (χ3v) is 4.18. The average molecular weight is 250 g/mol. The molecule has 0 atom stereocenters. The number of methoxy groups -OCH3 is 1. The number of ether oxygens (including phenoxy) is 1. The van der Waals surface area contributed by atoms with E-state index in [1.54, 1.807) is 13.0 Å². The molecule has 0 aliphatic heterocycles. The van der Waals surface area contributed by atoms with Crippen molar-refractivity contribution in [2.75, 3.05) is 7.11 Å². The molecular weight excluding hydrogens is 232 g/mol. The molecular formula is C14H18O4. The molecule has 2 rings (SSSR count). The highest BCUT2D eigenvalue weighted by molar-refractivity contribution is 5.84. The number of benzene rings is 1. The molecule has 1 aliphatic carbocycles. The van der Waals surface area contributed by atoms with Crippen LogP contribution < -0.4 is 4.74 Å². The van der Waals surface area contributed by atoms with Crippen molar-refractivity contribution >= 4 is 5.97 Å². The number of hydrogen-bond acceptors (Lipinski definition) is 3. The number of hydrogen-bond donors (Lipinski definition) is 2. The second kappa shape index (κ2) is 4.19. The molecule has 0 saturated heterocycles. The minimum absolute atomic E-state index is 0.0959. The SMILES string of the molecule is COc1cc(C2(C(=O)O)CCC2)c(C)c(C)c1O. The van der Waals surface area contributed by atoms with Gasteiger partial charge < -0.3 is 14.9 Å². The van der Waals surface area contributed by atoms with E-state index < -0.39 is 11.4 Å². The molecule has 1 saturated carbocycles. The van der Waals surface area contributed by atoms with Crippen molar-refractivity contribution in [3.05, 3.63) is 22.8 Å². The van der Waals surface area contributed by atoms with Gasteiger partial charge in [0, 0.05) is 0 Å². The van der Waals surface area contributed by atoms with Crippen LogP contribution in [0.25, 0.3) is 0 Å². The van der Waals surface area contributed by atoms with Gasteiger partial charge in [-0.15, -0.1) is 0 Å². The summed E-state index contributed by atoms with van der Waals surface area (Å²) in [6, 6.07) is 1.67. The quantitative estimate of drug-likeness (QED) is 0.865. The number of aliphatic carboxylic acids is 1. The minimum Gasteiger partial charge on any atom is -0.504 e. The van der Waals surface area contributed by atoms with Crippen LogP contribution in [0.1, 0.15) is 36.0 Å². The summed E-state index contributed by atoms with van der Waals surface area (Å²) in [5, 5.41) is 19.4. The first-order valence-corrected chi connectivity index (χ1v) is 6.05. The monoisotopic (exact) mass is 250 g/mol. The molecule has 0 radical (unpaired) electrons. The van der Waals surface area contributed by atoms with Gasteiger partial charge >= 0.3 is 5.97 Å². The van der Waals surface area contributed by atoms with Gasteiger partial charge in [-0.1, -0.05) is 6.42 Å². The van der Waals surface area contributed by atoms with Gasteiger partial charge in [0.2, 0.25) is 0 Å². The van der Waals surface area contributed by atoms with Crippen molar-refractivity contribution < 1.29 is 19.7 Å². The predicted octanol–water partition coefficient (Wildman–Crippen LogP) is 2.52. The van der Waals surface area contributed by atoms with Crippen molar-refractivity contribution in [2.24, 2.45) is 0 Å². The fraction of sp³-hybridized carbons (Fsp3) is 0.500. The number of carboxylic acids is 1. The fourth-order valence-corrected chi connectivity index (χ4v) is 2.65. The molecule has 98 valence electrons. The Balaban J connectivity index is 2.64. The van der Waals surface area contributed by atoms with Crippen LogP contribution in [0.5, 0.6) is 11.5 Å². The third kappa shape index (κ3) is 1.55. The summed E-state index contributed by atoms with van der Waals surface area (Å²) in [5.74, 6) is -0.344. The van der Waals surface area contributed by atoms with Crippen molar-refractivity contribution in [1.29, 1.82) is 0 Å². The van der Waals surface area contributed by atoms with Crippen LogP contribution in [0, 0.1) is 13.8 Å². The van der Waals surface area contributed by atoms with Gasteiger partial charge in [0.1, 0.15) is 0 Å². The van der Waals surface area contributed by atoms with Crippen molar-refractivity contribution in [2.45, 2.75) is 38.5 Å². The Morgan fingerprint density at radius 2 is 1.94 bits per heavy atom. The van der Waals surface area contributed by atoms with E-state index in [-0.39, 0.29) is 5.75 Å². The van der Waals surface area contributed by atoms with Crippen LogP contribution in [0.15, 0.2) is 6.07 Å². The largest absolute Gasteiger partial charge is 0.504 e. The van der Waals surface area contributed by atoms with E-state index in [2.05, 4.69) is 0 Å². The molecule has 0 aromatic heterocycles. The minimum atomic E-state index is -0.796. The summed E-state index contributed by atoms with van der Waals surface area (Å²) < 4.78 is 5.12. The summed E-state index contributed by atoms with van der Waals surface area (Å²) in [6.07, 6.45) is 2.22. The van der Waals surface area contributed by atoms with E-state index in [1.165, 1.54) is 7.11 Å². The molecule has 1 aromatic carbocycles. The molecule has 0 bridgehead atoms.